The van der Waals surface area contributed by atoms with Gasteiger partial charge in [0.1, 0.15) is 0 Å². The van der Waals surface area contributed by atoms with Crippen molar-refractivity contribution < 1.29 is 0 Å². The smallest absolute Gasteiger partial charge is 0.0278 e. The zero-order valence-electron chi connectivity index (χ0n) is 19.5. The highest BCUT2D eigenvalue weighted by atomic mass is 32.1. The lowest BCUT2D eigenvalue weighted by molar-refractivity contribution is 0.299. The van der Waals surface area contributed by atoms with E-state index < -0.39 is 0 Å². The molecule has 0 spiro atoms. The van der Waals surface area contributed by atoms with E-state index in [2.05, 4.69) is 84.1 Å². The van der Waals surface area contributed by atoms with Crippen LogP contribution < -0.4 is 0 Å². The second kappa shape index (κ2) is 10.1. The van der Waals surface area contributed by atoms with Crippen LogP contribution in [0.1, 0.15) is 83.3 Å². The summed E-state index contributed by atoms with van der Waals surface area (Å²) in [5.74, 6) is 0.302. The van der Waals surface area contributed by atoms with Gasteiger partial charge in [-0.3, -0.25) is 0 Å². The number of benzene rings is 1. The molecular weight excluding hydrogens is 370 g/mol. The molecule has 1 nitrogen and oxygen atoms in total. The van der Waals surface area contributed by atoms with E-state index in [-0.39, 0.29) is 0 Å². The molecule has 0 radical (unpaired) electrons. The summed E-state index contributed by atoms with van der Waals surface area (Å²) < 4.78 is 0. The zero-order valence-corrected chi connectivity index (χ0v) is 20.4. The minimum Gasteiger partial charge on any atom is -0.377 e. The first kappa shape index (κ1) is 23.9. The van der Waals surface area contributed by atoms with Gasteiger partial charge in [0.15, 0.2) is 0 Å². The molecule has 0 aromatic heterocycles. The maximum Gasteiger partial charge on any atom is 0.0278 e. The topological polar surface area (TPSA) is 3.24 Å². The summed E-state index contributed by atoms with van der Waals surface area (Å²) in [7, 11) is 2.20. The molecule has 2 atom stereocenters. The van der Waals surface area contributed by atoms with Crippen LogP contribution >= 0.6 is 12.6 Å². The van der Waals surface area contributed by atoms with Gasteiger partial charge in [-0.25, -0.2) is 0 Å². The molecule has 0 N–H and O–H groups in total. The lowest BCUT2D eigenvalue weighted by atomic mass is 9.79. The molecule has 160 valence electrons. The molecule has 1 saturated carbocycles. The summed E-state index contributed by atoms with van der Waals surface area (Å²) >= 11 is 4.70. The fraction of sp³-hybridized carbons (Fsp3) is 0.556. The number of hydrogen-bond acceptors (Lipinski definition) is 2. The third-order valence-corrected chi connectivity index (χ3v) is 7.15. The van der Waals surface area contributed by atoms with E-state index in [1.165, 1.54) is 48.0 Å². The van der Waals surface area contributed by atoms with Gasteiger partial charge < -0.3 is 4.90 Å². The Kier molecular flexibility index (Phi) is 8.28. The standard InChI is InChI=1S/C27H41NS/c1-9-11-23(10-2)28(8)18-25(19(3)4)21(6)24(17-27(7)14-15-27)22-13-12-20(5)26(29)16-22/h12-13,16,18,23-24,29H,3,6,9-11,14-15,17H2,1-2,4-5,7-8H3/b25-18-. The molecule has 0 heterocycles. The molecule has 2 heteroatoms. The third kappa shape index (κ3) is 6.28. The van der Waals surface area contributed by atoms with Crippen molar-refractivity contribution in [2.45, 2.75) is 90.0 Å². The van der Waals surface area contributed by atoms with Crippen molar-refractivity contribution in [1.82, 2.24) is 4.90 Å². The van der Waals surface area contributed by atoms with Crippen LogP contribution in [0.15, 0.2) is 59.2 Å². The number of hydrogen-bond donors (Lipinski definition) is 1. The molecule has 1 aromatic rings. The third-order valence-electron chi connectivity index (χ3n) is 6.66. The molecule has 0 bridgehead atoms. The zero-order chi connectivity index (χ0) is 21.8. The largest absolute Gasteiger partial charge is 0.377 e. The van der Waals surface area contributed by atoms with Crippen LogP contribution in [0.3, 0.4) is 0 Å². The van der Waals surface area contributed by atoms with Crippen LogP contribution in [0, 0.1) is 12.3 Å². The number of allylic oxidation sites excluding steroid dienone is 3. The predicted octanol–water partition coefficient (Wildman–Crippen LogP) is 8.08. The van der Waals surface area contributed by atoms with E-state index in [9.17, 15) is 0 Å². The molecule has 1 fully saturated rings. The summed E-state index contributed by atoms with van der Waals surface area (Å²) in [6.45, 7) is 20.1. The van der Waals surface area contributed by atoms with Crippen molar-refractivity contribution in [3.05, 3.63) is 65.4 Å². The molecule has 2 rings (SSSR count). The highest BCUT2D eigenvalue weighted by Gasteiger charge is 2.40. The maximum absolute atomic E-state index is 4.70. The fourth-order valence-corrected chi connectivity index (χ4v) is 4.41. The Labute approximate surface area is 185 Å². The highest BCUT2D eigenvalue weighted by Crippen LogP contribution is 2.54. The summed E-state index contributed by atoms with van der Waals surface area (Å²) in [4.78, 5) is 3.45. The Morgan fingerprint density at radius 2 is 1.93 bits per heavy atom. The number of nitrogens with zero attached hydrogens (tertiary/aromatic N) is 1. The molecule has 0 saturated heterocycles. The van der Waals surface area contributed by atoms with Crippen molar-refractivity contribution in [2.24, 2.45) is 5.41 Å². The van der Waals surface area contributed by atoms with Crippen LogP contribution in [0.4, 0.5) is 0 Å². The quantitative estimate of drug-likeness (QED) is 0.284. The van der Waals surface area contributed by atoms with E-state index >= 15 is 0 Å². The Balaban J connectivity index is 2.40. The highest BCUT2D eigenvalue weighted by molar-refractivity contribution is 7.80. The van der Waals surface area contributed by atoms with Gasteiger partial charge in [-0.1, -0.05) is 52.5 Å². The predicted molar refractivity (Wildman–Crippen MR) is 132 cm³/mol. The molecule has 29 heavy (non-hydrogen) atoms. The maximum atomic E-state index is 4.70. The van der Waals surface area contributed by atoms with Gasteiger partial charge in [0, 0.05) is 30.1 Å². The molecular formula is C27H41NS. The van der Waals surface area contributed by atoms with E-state index in [0.717, 1.165) is 23.3 Å². The second-order valence-corrected chi connectivity index (χ2v) is 9.96. The molecule has 1 aromatic carbocycles. The first-order chi connectivity index (χ1) is 13.6. The Morgan fingerprint density at radius 3 is 2.41 bits per heavy atom. The van der Waals surface area contributed by atoms with E-state index in [1.807, 2.05) is 0 Å². The van der Waals surface area contributed by atoms with Crippen molar-refractivity contribution in [1.29, 1.82) is 0 Å². The van der Waals surface area contributed by atoms with Crippen LogP contribution in [0.5, 0.6) is 0 Å². The van der Waals surface area contributed by atoms with Crippen molar-refractivity contribution in [2.75, 3.05) is 7.05 Å². The minimum atomic E-state index is 0.302. The van der Waals surface area contributed by atoms with Crippen molar-refractivity contribution >= 4 is 12.6 Å². The SMILES string of the molecule is C=C(C)/C(=C/N(C)C(CC)CCC)C(=C)C(CC1(C)CC1)c1ccc(C)c(S)c1. The van der Waals surface area contributed by atoms with Crippen LogP contribution in [0.25, 0.3) is 0 Å². The minimum absolute atomic E-state index is 0.302. The Hall–Kier alpha value is -1.41. The van der Waals surface area contributed by atoms with Gasteiger partial charge in [0.25, 0.3) is 0 Å². The number of aryl methyl sites for hydroxylation is 1. The average Bonchev–Trinajstić information content (AvgIpc) is 3.40. The summed E-state index contributed by atoms with van der Waals surface area (Å²) in [5, 5.41) is 0. The van der Waals surface area contributed by atoms with Gasteiger partial charge in [-0.05, 0) is 85.3 Å². The average molecular weight is 412 g/mol. The number of rotatable bonds is 11. The molecule has 1 aliphatic rings. The first-order valence-corrected chi connectivity index (χ1v) is 11.6. The van der Waals surface area contributed by atoms with Crippen LogP contribution in [-0.2, 0) is 0 Å². The van der Waals surface area contributed by atoms with Crippen LogP contribution in [0.2, 0.25) is 0 Å². The second-order valence-electron chi connectivity index (χ2n) is 9.48. The molecule has 2 unspecified atom stereocenters. The fourth-order valence-electron chi connectivity index (χ4n) is 4.19. The van der Waals surface area contributed by atoms with Crippen LogP contribution in [-0.4, -0.2) is 18.0 Å². The van der Waals surface area contributed by atoms with E-state index in [4.69, 9.17) is 12.6 Å². The molecule has 0 aliphatic heterocycles. The lowest BCUT2D eigenvalue weighted by Crippen LogP contribution is -2.27. The van der Waals surface area contributed by atoms with E-state index in [0.29, 0.717) is 17.4 Å². The van der Waals surface area contributed by atoms with Gasteiger partial charge >= 0.3 is 0 Å². The first-order valence-electron chi connectivity index (χ1n) is 11.2. The Bertz CT molecular complexity index is 769. The molecule has 1 aliphatic carbocycles. The van der Waals surface area contributed by atoms with Crippen molar-refractivity contribution in [3.8, 4) is 0 Å². The van der Waals surface area contributed by atoms with Gasteiger partial charge in [0.05, 0.1) is 0 Å². The van der Waals surface area contributed by atoms with Gasteiger partial charge in [0.2, 0.25) is 0 Å². The summed E-state index contributed by atoms with van der Waals surface area (Å²) in [6.07, 6.45) is 9.64. The monoisotopic (exact) mass is 411 g/mol. The normalized spacial score (nSPS) is 17.6. The summed E-state index contributed by atoms with van der Waals surface area (Å²) in [5.41, 5.74) is 6.49. The number of thiol groups is 1. The van der Waals surface area contributed by atoms with Gasteiger partial charge in [-0.2, -0.15) is 0 Å². The van der Waals surface area contributed by atoms with Crippen molar-refractivity contribution in [3.63, 3.8) is 0 Å². The van der Waals surface area contributed by atoms with E-state index in [1.54, 1.807) is 0 Å². The molecule has 0 amide bonds. The lowest BCUT2D eigenvalue weighted by Gasteiger charge is -2.30. The van der Waals surface area contributed by atoms with Gasteiger partial charge in [-0.15, -0.1) is 12.6 Å². The Morgan fingerprint density at radius 1 is 1.28 bits per heavy atom. The summed E-state index contributed by atoms with van der Waals surface area (Å²) in [6, 6.07) is 7.26.